The van der Waals surface area contributed by atoms with Gasteiger partial charge in [0.05, 0.1) is 19.3 Å². The smallest absolute Gasteiger partial charge is 0.153 e. The maximum Gasteiger partial charge on any atom is 0.153 e. The molecule has 1 unspecified atom stereocenters. The third kappa shape index (κ3) is 3.45. The third-order valence-corrected chi connectivity index (χ3v) is 3.48. The van der Waals surface area contributed by atoms with E-state index in [1.54, 1.807) is 0 Å². The topological polar surface area (TPSA) is 71.1 Å². The molecule has 1 heterocycles. The van der Waals surface area contributed by atoms with Gasteiger partial charge >= 0.3 is 0 Å². The molecule has 0 aromatic heterocycles. The van der Waals surface area contributed by atoms with Gasteiger partial charge in [-0.15, -0.1) is 0 Å². The zero-order valence-corrected chi connectivity index (χ0v) is 11.2. The number of nitrogens with two attached hydrogens (primary N) is 1. The number of benzene rings is 1. The van der Waals surface area contributed by atoms with E-state index in [9.17, 15) is 0 Å². The van der Waals surface area contributed by atoms with Crippen LogP contribution in [-0.2, 0) is 11.2 Å². The van der Waals surface area contributed by atoms with Crippen molar-refractivity contribution >= 4 is 5.84 Å². The van der Waals surface area contributed by atoms with Crippen LogP contribution in [0.2, 0.25) is 0 Å². The van der Waals surface area contributed by atoms with Crippen LogP contribution in [0.3, 0.4) is 0 Å². The lowest BCUT2D eigenvalue weighted by molar-refractivity contribution is 0.0198. The maximum absolute atomic E-state index is 8.65. The lowest BCUT2D eigenvalue weighted by Gasteiger charge is -2.30. The number of oxime groups is 1. The van der Waals surface area contributed by atoms with Crippen molar-refractivity contribution in [3.05, 3.63) is 35.4 Å². The molecule has 0 fully saturated rings. The quantitative estimate of drug-likeness (QED) is 0.364. The summed E-state index contributed by atoms with van der Waals surface area (Å²) >= 11 is 0. The highest BCUT2D eigenvalue weighted by Crippen LogP contribution is 2.27. The molecule has 0 saturated heterocycles. The Labute approximate surface area is 113 Å². The van der Waals surface area contributed by atoms with Crippen LogP contribution >= 0.6 is 0 Å². The first-order valence-corrected chi connectivity index (χ1v) is 6.62. The van der Waals surface area contributed by atoms with E-state index in [2.05, 4.69) is 35.2 Å². The molecule has 5 heteroatoms. The highest BCUT2D eigenvalue weighted by molar-refractivity contribution is 5.81. The van der Waals surface area contributed by atoms with Crippen molar-refractivity contribution in [1.29, 1.82) is 0 Å². The minimum absolute atomic E-state index is 0.0661. The van der Waals surface area contributed by atoms with Crippen molar-refractivity contribution in [3.63, 3.8) is 0 Å². The van der Waals surface area contributed by atoms with E-state index in [-0.39, 0.29) is 11.9 Å². The van der Waals surface area contributed by atoms with Gasteiger partial charge in [0.1, 0.15) is 0 Å². The SMILES string of the molecule is CCN(CC(N)=NO)CC1OCCc2ccccc21. The number of rotatable bonds is 5. The predicted molar refractivity (Wildman–Crippen MR) is 74.4 cm³/mol. The molecule has 5 nitrogen and oxygen atoms in total. The van der Waals surface area contributed by atoms with Crippen molar-refractivity contribution in [1.82, 2.24) is 4.90 Å². The molecule has 1 aliphatic heterocycles. The minimum Gasteiger partial charge on any atom is -0.409 e. The normalized spacial score (nSPS) is 19.5. The molecule has 104 valence electrons. The molecule has 0 saturated carbocycles. The van der Waals surface area contributed by atoms with Gasteiger partial charge < -0.3 is 15.7 Å². The van der Waals surface area contributed by atoms with E-state index in [4.69, 9.17) is 15.7 Å². The minimum atomic E-state index is 0.0661. The monoisotopic (exact) mass is 263 g/mol. The first kappa shape index (κ1) is 13.8. The van der Waals surface area contributed by atoms with E-state index in [1.165, 1.54) is 11.1 Å². The van der Waals surface area contributed by atoms with Crippen LogP contribution in [0.25, 0.3) is 0 Å². The number of hydrogen-bond donors (Lipinski definition) is 2. The molecule has 0 bridgehead atoms. The van der Waals surface area contributed by atoms with Crippen LogP contribution in [-0.4, -0.2) is 42.2 Å². The number of likely N-dealkylation sites (N-methyl/N-ethyl adjacent to an activating group) is 1. The van der Waals surface area contributed by atoms with Crippen molar-refractivity contribution in [2.45, 2.75) is 19.4 Å². The van der Waals surface area contributed by atoms with Gasteiger partial charge in [-0.2, -0.15) is 0 Å². The van der Waals surface area contributed by atoms with Gasteiger partial charge in [0.2, 0.25) is 0 Å². The van der Waals surface area contributed by atoms with Crippen LogP contribution in [0.1, 0.15) is 24.2 Å². The number of ether oxygens (including phenoxy) is 1. The van der Waals surface area contributed by atoms with E-state index >= 15 is 0 Å². The summed E-state index contributed by atoms with van der Waals surface area (Å²) in [5.74, 6) is 0.228. The molecule has 0 aliphatic carbocycles. The Kier molecular flexibility index (Phi) is 4.76. The average molecular weight is 263 g/mol. The zero-order valence-electron chi connectivity index (χ0n) is 11.2. The van der Waals surface area contributed by atoms with Crippen LogP contribution in [0.4, 0.5) is 0 Å². The lowest BCUT2D eigenvalue weighted by atomic mass is 9.97. The maximum atomic E-state index is 8.65. The first-order chi connectivity index (χ1) is 9.24. The highest BCUT2D eigenvalue weighted by atomic mass is 16.5. The number of nitrogens with zero attached hydrogens (tertiary/aromatic N) is 2. The molecule has 1 aliphatic rings. The van der Waals surface area contributed by atoms with Gasteiger partial charge in [0.15, 0.2) is 5.84 Å². The Morgan fingerprint density at radius 1 is 1.53 bits per heavy atom. The van der Waals surface area contributed by atoms with Crippen molar-refractivity contribution < 1.29 is 9.94 Å². The van der Waals surface area contributed by atoms with Crippen LogP contribution < -0.4 is 5.73 Å². The standard InChI is InChI=1S/C14H21N3O2/c1-2-17(10-14(15)16-18)9-13-12-6-4-3-5-11(12)7-8-19-13/h3-6,13,18H,2,7-10H2,1H3,(H2,15,16). The van der Waals surface area contributed by atoms with Gasteiger partial charge in [-0.3, -0.25) is 4.90 Å². The van der Waals surface area contributed by atoms with E-state index < -0.39 is 0 Å². The first-order valence-electron chi connectivity index (χ1n) is 6.62. The van der Waals surface area contributed by atoms with Gasteiger partial charge in [0, 0.05) is 6.54 Å². The summed E-state index contributed by atoms with van der Waals surface area (Å²) in [5, 5.41) is 11.7. The summed E-state index contributed by atoms with van der Waals surface area (Å²) in [6.45, 7) is 4.85. The van der Waals surface area contributed by atoms with Crippen LogP contribution in [0.5, 0.6) is 0 Å². The van der Waals surface area contributed by atoms with Crippen LogP contribution in [0.15, 0.2) is 29.4 Å². The average Bonchev–Trinajstić information content (AvgIpc) is 2.46. The summed E-state index contributed by atoms with van der Waals surface area (Å²) in [6, 6.07) is 8.39. The molecule has 0 radical (unpaired) electrons. The summed E-state index contributed by atoms with van der Waals surface area (Å²) in [5.41, 5.74) is 8.18. The fraction of sp³-hybridized carbons (Fsp3) is 0.500. The molecule has 1 aromatic carbocycles. The van der Waals surface area contributed by atoms with Crippen molar-refractivity contribution in [2.24, 2.45) is 10.9 Å². The van der Waals surface area contributed by atoms with E-state index in [0.717, 1.165) is 26.1 Å². The number of amidine groups is 1. The predicted octanol–water partition coefficient (Wildman–Crippen LogP) is 1.37. The second-order valence-electron chi connectivity index (χ2n) is 4.73. The molecular weight excluding hydrogens is 242 g/mol. The van der Waals surface area contributed by atoms with E-state index in [1.807, 2.05) is 6.07 Å². The van der Waals surface area contributed by atoms with Gasteiger partial charge in [-0.1, -0.05) is 36.3 Å². The van der Waals surface area contributed by atoms with Gasteiger partial charge in [-0.25, -0.2) is 0 Å². The van der Waals surface area contributed by atoms with Gasteiger partial charge in [-0.05, 0) is 24.1 Å². The molecule has 19 heavy (non-hydrogen) atoms. The Balaban J connectivity index is 2.06. The summed E-state index contributed by atoms with van der Waals surface area (Å²) in [7, 11) is 0. The third-order valence-electron chi connectivity index (χ3n) is 3.48. The van der Waals surface area contributed by atoms with E-state index in [0.29, 0.717) is 6.54 Å². The number of fused-ring (bicyclic) bond motifs is 1. The zero-order chi connectivity index (χ0) is 13.7. The molecule has 1 atom stereocenters. The molecule has 1 aromatic rings. The molecule has 2 rings (SSSR count). The lowest BCUT2D eigenvalue weighted by Crippen LogP contribution is -2.38. The molecule has 0 spiro atoms. The Bertz CT molecular complexity index is 448. The Hall–Kier alpha value is -1.59. The summed E-state index contributed by atoms with van der Waals surface area (Å²) in [6.07, 6.45) is 1.04. The van der Waals surface area contributed by atoms with Crippen molar-refractivity contribution in [2.75, 3.05) is 26.2 Å². The summed E-state index contributed by atoms with van der Waals surface area (Å²) < 4.78 is 5.87. The Morgan fingerprint density at radius 3 is 3.05 bits per heavy atom. The number of hydrogen-bond acceptors (Lipinski definition) is 4. The molecule has 3 N–H and O–H groups in total. The largest absolute Gasteiger partial charge is 0.409 e. The van der Waals surface area contributed by atoms with Gasteiger partial charge in [0.25, 0.3) is 0 Å². The highest BCUT2D eigenvalue weighted by Gasteiger charge is 2.22. The fourth-order valence-electron chi connectivity index (χ4n) is 2.43. The molecular formula is C14H21N3O2. The second kappa shape index (κ2) is 6.54. The summed E-state index contributed by atoms with van der Waals surface area (Å²) in [4.78, 5) is 2.11. The van der Waals surface area contributed by atoms with Crippen LogP contribution in [0, 0.1) is 0 Å². The second-order valence-corrected chi connectivity index (χ2v) is 4.73. The van der Waals surface area contributed by atoms with Crippen molar-refractivity contribution in [3.8, 4) is 0 Å². The Morgan fingerprint density at radius 2 is 2.32 bits per heavy atom. The molecule has 0 amide bonds. The fourth-order valence-corrected chi connectivity index (χ4v) is 2.43.